The largest absolute Gasteiger partial charge is 0.350 e. The van der Waals surface area contributed by atoms with Gasteiger partial charge < -0.3 is 11.1 Å². The van der Waals surface area contributed by atoms with Gasteiger partial charge in [-0.3, -0.25) is 4.79 Å². The normalized spacial score (nSPS) is 18.0. The molecule has 0 saturated heterocycles. The van der Waals surface area contributed by atoms with Gasteiger partial charge in [0, 0.05) is 22.1 Å². The van der Waals surface area contributed by atoms with Crippen molar-refractivity contribution in [3.8, 4) is 0 Å². The molecule has 1 aromatic carbocycles. The van der Waals surface area contributed by atoms with Crippen LogP contribution in [-0.2, 0) is 0 Å². The van der Waals surface area contributed by atoms with Crippen LogP contribution in [0.1, 0.15) is 36.0 Å². The van der Waals surface area contributed by atoms with Crippen LogP contribution in [0.2, 0.25) is 0 Å². The summed E-state index contributed by atoms with van der Waals surface area (Å²) in [5.41, 5.74) is 6.67. The summed E-state index contributed by atoms with van der Waals surface area (Å²) in [7, 11) is 0. The van der Waals surface area contributed by atoms with Crippen molar-refractivity contribution in [1.82, 2.24) is 5.32 Å². The quantitative estimate of drug-likeness (QED) is 0.900. The summed E-state index contributed by atoms with van der Waals surface area (Å²) in [5.74, 6) is -0.0470. The molecule has 3 nitrogen and oxygen atoms in total. The van der Waals surface area contributed by atoms with Crippen LogP contribution in [0.3, 0.4) is 0 Å². The Morgan fingerprint density at radius 3 is 2.47 bits per heavy atom. The van der Waals surface area contributed by atoms with Gasteiger partial charge in [-0.2, -0.15) is 0 Å². The molecule has 1 aliphatic carbocycles. The van der Waals surface area contributed by atoms with Gasteiger partial charge in [-0.15, -0.1) is 0 Å². The van der Waals surface area contributed by atoms with Crippen molar-refractivity contribution in [1.29, 1.82) is 0 Å². The lowest BCUT2D eigenvalue weighted by Crippen LogP contribution is -2.47. The van der Waals surface area contributed by atoms with E-state index in [4.69, 9.17) is 5.73 Å². The molecule has 1 saturated carbocycles. The summed E-state index contributed by atoms with van der Waals surface area (Å²) in [5, 5.41) is 2.92. The van der Waals surface area contributed by atoms with E-state index in [1.54, 1.807) is 12.1 Å². The fourth-order valence-electron chi connectivity index (χ4n) is 2.22. The first-order valence-electron chi connectivity index (χ1n) is 5.92. The zero-order valence-electron chi connectivity index (χ0n) is 9.71. The van der Waals surface area contributed by atoms with Crippen LogP contribution in [0.15, 0.2) is 28.7 Å². The SMILES string of the molecule is NC1(CNC(=O)c2ccc(Br)cc2)CCCC1. The lowest BCUT2D eigenvalue weighted by atomic mass is 9.99. The minimum Gasteiger partial charge on any atom is -0.350 e. The molecule has 0 aliphatic heterocycles. The lowest BCUT2D eigenvalue weighted by Gasteiger charge is -2.23. The van der Waals surface area contributed by atoms with Crippen LogP contribution < -0.4 is 11.1 Å². The van der Waals surface area contributed by atoms with Gasteiger partial charge in [-0.25, -0.2) is 0 Å². The second-order valence-corrected chi connectivity index (χ2v) is 5.67. The maximum absolute atomic E-state index is 11.9. The van der Waals surface area contributed by atoms with Crippen molar-refractivity contribution in [2.75, 3.05) is 6.54 Å². The summed E-state index contributed by atoms with van der Waals surface area (Å²) in [4.78, 5) is 11.9. The number of hydrogen-bond acceptors (Lipinski definition) is 2. The number of rotatable bonds is 3. The molecule has 0 unspecified atom stereocenters. The van der Waals surface area contributed by atoms with Crippen LogP contribution in [0, 0.1) is 0 Å². The number of halogens is 1. The van der Waals surface area contributed by atoms with E-state index in [0.717, 1.165) is 17.3 Å². The molecular weight excluding hydrogens is 280 g/mol. The zero-order valence-corrected chi connectivity index (χ0v) is 11.3. The summed E-state index contributed by atoms with van der Waals surface area (Å²) < 4.78 is 0.972. The molecule has 1 amide bonds. The van der Waals surface area contributed by atoms with Gasteiger partial charge in [-0.1, -0.05) is 28.8 Å². The van der Waals surface area contributed by atoms with E-state index in [2.05, 4.69) is 21.2 Å². The second kappa shape index (κ2) is 5.19. The number of carbonyl (C=O) groups excluding carboxylic acids is 1. The Morgan fingerprint density at radius 2 is 1.88 bits per heavy atom. The van der Waals surface area contributed by atoms with Crippen LogP contribution >= 0.6 is 15.9 Å². The Bertz CT molecular complexity index is 396. The maximum atomic E-state index is 11.9. The first-order valence-corrected chi connectivity index (χ1v) is 6.71. The van der Waals surface area contributed by atoms with E-state index in [1.165, 1.54) is 12.8 Å². The van der Waals surface area contributed by atoms with Gasteiger partial charge in [-0.05, 0) is 37.1 Å². The smallest absolute Gasteiger partial charge is 0.251 e. The molecule has 17 heavy (non-hydrogen) atoms. The Kier molecular flexibility index (Phi) is 3.84. The number of carbonyl (C=O) groups is 1. The third kappa shape index (κ3) is 3.30. The van der Waals surface area contributed by atoms with Crippen molar-refractivity contribution < 1.29 is 4.79 Å². The van der Waals surface area contributed by atoms with E-state index in [1.807, 2.05) is 12.1 Å². The molecule has 0 aromatic heterocycles. The van der Waals surface area contributed by atoms with Crippen LogP contribution in [0.4, 0.5) is 0 Å². The average Bonchev–Trinajstić information content (AvgIpc) is 2.75. The predicted octanol–water partition coefficient (Wildman–Crippen LogP) is 2.45. The molecule has 2 rings (SSSR count). The highest BCUT2D eigenvalue weighted by Gasteiger charge is 2.29. The molecule has 0 radical (unpaired) electrons. The Hall–Kier alpha value is -0.870. The van der Waals surface area contributed by atoms with Crippen molar-refractivity contribution in [2.24, 2.45) is 5.73 Å². The van der Waals surface area contributed by atoms with E-state index < -0.39 is 0 Å². The van der Waals surface area contributed by atoms with Gasteiger partial charge >= 0.3 is 0 Å². The lowest BCUT2D eigenvalue weighted by molar-refractivity contribution is 0.0943. The molecule has 0 heterocycles. The maximum Gasteiger partial charge on any atom is 0.251 e. The van der Waals surface area contributed by atoms with E-state index >= 15 is 0 Å². The van der Waals surface area contributed by atoms with Gasteiger partial charge in [0.25, 0.3) is 5.91 Å². The molecule has 0 bridgehead atoms. The Morgan fingerprint density at radius 1 is 1.29 bits per heavy atom. The minimum atomic E-state index is -0.189. The molecule has 0 spiro atoms. The van der Waals surface area contributed by atoms with E-state index in [-0.39, 0.29) is 11.4 Å². The summed E-state index contributed by atoms with van der Waals surface area (Å²) in [6.45, 7) is 0.571. The third-order valence-corrected chi connectivity index (χ3v) is 3.84. The molecule has 3 N–H and O–H groups in total. The second-order valence-electron chi connectivity index (χ2n) is 4.76. The highest BCUT2D eigenvalue weighted by molar-refractivity contribution is 9.10. The van der Waals surface area contributed by atoms with Crippen molar-refractivity contribution in [3.05, 3.63) is 34.3 Å². The standard InChI is InChI=1S/C13H17BrN2O/c14-11-5-3-10(4-6-11)12(17)16-9-13(15)7-1-2-8-13/h3-6H,1-2,7-9,15H2,(H,16,17). The van der Waals surface area contributed by atoms with Crippen molar-refractivity contribution in [3.63, 3.8) is 0 Å². The molecule has 1 aromatic rings. The zero-order chi connectivity index (χ0) is 12.3. The average molecular weight is 297 g/mol. The van der Waals surface area contributed by atoms with Crippen molar-refractivity contribution in [2.45, 2.75) is 31.2 Å². The summed E-state index contributed by atoms with van der Waals surface area (Å²) in [6.07, 6.45) is 4.36. The number of nitrogens with two attached hydrogens (primary N) is 1. The number of amides is 1. The van der Waals surface area contributed by atoms with Crippen LogP contribution in [0.5, 0.6) is 0 Å². The molecule has 92 valence electrons. The topological polar surface area (TPSA) is 55.1 Å². The molecule has 4 heteroatoms. The molecule has 0 atom stereocenters. The summed E-state index contributed by atoms with van der Waals surface area (Å²) >= 11 is 3.34. The van der Waals surface area contributed by atoms with Crippen LogP contribution in [0.25, 0.3) is 0 Å². The number of benzene rings is 1. The molecule has 1 fully saturated rings. The molecule has 1 aliphatic rings. The van der Waals surface area contributed by atoms with Gasteiger partial charge in [0.05, 0.1) is 0 Å². The monoisotopic (exact) mass is 296 g/mol. The number of hydrogen-bond donors (Lipinski definition) is 2. The summed E-state index contributed by atoms with van der Waals surface area (Å²) in [6, 6.07) is 7.33. The first kappa shape index (κ1) is 12.6. The van der Waals surface area contributed by atoms with Crippen molar-refractivity contribution >= 4 is 21.8 Å². The van der Waals surface area contributed by atoms with Gasteiger partial charge in [0.2, 0.25) is 0 Å². The molecular formula is C13H17BrN2O. The Balaban J connectivity index is 1.91. The van der Waals surface area contributed by atoms with E-state index in [9.17, 15) is 4.79 Å². The van der Waals surface area contributed by atoms with Gasteiger partial charge in [0.15, 0.2) is 0 Å². The van der Waals surface area contributed by atoms with E-state index in [0.29, 0.717) is 12.1 Å². The first-order chi connectivity index (χ1) is 8.09. The van der Waals surface area contributed by atoms with Crippen LogP contribution in [-0.4, -0.2) is 18.0 Å². The fourth-order valence-corrected chi connectivity index (χ4v) is 2.48. The Labute approximate surface area is 110 Å². The van der Waals surface area contributed by atoms with Gasteiger partial charge in [0.1, 0.15) is 0 Å². The highest BCUT2D eigenvalue weighted by Crippen LogP contribution is 2.26. The highest BCUT2D eigenvalue weighted by atomic mass is 79.9. The predicted molar refractivity (Wildman–Crippen MR) is 71.9 cm³/mol. The third-order valence-electron chi connectivity index (χ3n) is 3.31. The number of nitrogens with one attached hydrogen (secondary N) is 1. The fraction of sp³-hybridized carbons (Fsp3) is 0.462. The minimum absolute atomic E-state index is 0.0470.